The summed E-state index contributed by atoms with van der Waals surface area (Å²) < 4.78 is 30.8. The summed E-state index contributed by atoms with van der Waals surface area (Å²) in [5, 5.41) is 1.84. The van der Waals surface area contributed by atoms with Gasteiger partial charge in [-0.1, -0.05) is 31.5 Å². The molecule has 0 bridgehead atoms. The minimum absolute atomic E-state index is 0.0327. The molecule has 1 aromatic carbocycles. The highest BCUT2D eigenvalue weighted by Gasteiger charge is 2.30. The van der Waals surface area contributed by atoms with Gasteiger partial charge in [0.05, 0.1) is 4.90 Å². The largest absolute Gasteiger partial charge is 0.451 e. The second kappa shape index (κ2) is 8.77. The summed E-state index contributed by atoms with van der Waals surface area (Å²) in [5.41, 5.74) is 5.77. The van der Waals surface area contributed by atoms with Crippen molar-refractivity contribution in [3.8, 4) is 0 Å². The molecular formula is C16H23N3O6S. The molecular weight excluding hydrogens is 362 g/mol. The molecule has 9 nitrogen and oxygen atoms in total. The lowest BCUT2D eigenvalue weighted by atomic mass is 10.1. The zero-order chi connectivity index (χ0) is 20.1. The topological polar surface area (TPSA) is 136 Å². The van der Waals surface area contributed by atoms with Crippen LogP contribution in [-0.4, -0.2) is 50.3 Å². The predicted molar refractivity (Wildman–Crippen MR) is 93.4 cm³/mol. The Morgan fingerprint density at radius 1 is 1.19 bits per heavy atom. The van der Waals surface area contributed by atoms with Crippen molar-refractivity contribution in [2.24, 2.45) is 11.7 Å². The van der Waals surface area contributed by atoms with Gasteiger partial charge in [0.2, 0.25) is 10.0 Å². The van der Waals surface area contributed by atoms with Crippen molar-refractivity contribution in [3.05, 3.63) is 29.8 Å². The van der Waals surface area contributed by atoms with E-state index in [1.807, 2.05) is 12.2 Å². The second-order valence-corrected chi connectivity index (χ2v) is 8.13. The van der Waals surface area contributed by atoms with Crippen molar-refractivity contribution >= 4 is 27.9 Å². The van der Waals surface area contributed by atoms with Crippen molar-refractivity contribution in [1.82, 2.24) is 9.62 Å². The third-order valence-electron chi connectivity index (χ3n) is 3.45. The first-order valence-corrected chi connectivity index (χ1v) is 9.22. The van der Waals surface area contributed by atoms with E-state index in [0.29, 0.717) is 0 Å². The van der Waals surface area contributed by atoms with Crippen LogP contribution in [0.15, 0.2) is 29.2 Å². The van der Waals surface area contributed by atoms with Crippen molar-refractivity contribution in [1.29, 1.82) is 0 Å². The maximum atomic E-state index is 12.5. The Labute approximate surface area is 152 Å². The Kier molecular flexibility index (Phi) is 7.28. The van der Waals surface area contributed by atoms with Crippen LogP contribution >= 0.6 is 0 Å². The van der Waals surface area contributed by atoms with Crippen LogP contribution in [-0.2, 0) is 24.3 Å². The average molecular weight is 385 g/mol. The van der Waals surface area contributed by atoms with Crippen molar-refractivity contribution < 1.29 is 27.5 Å². The number of carbonyl (C=O) groups is 3. The van der Waals surface area contributed by atoms with E-state index in [9.17, 15) is 22.8 Å². The maximum absolute atomic E-state index is 12.5. The van der Waals surface area contributed by atoms with Crippen LogP contribution in [0, 0.1) is 12.8 Å². The third kappa shape index (κ3) is 5.81. The summed E-state index contributed by atoms with van der Waals surface area (Å²) in [4.78, 5) is 34.7. The number of carbonyl (C=O) groups excluding carboxylic acids is 3. The number of urea groups is 1. The number of imide groups is 1. The fraction of sp³-hybridized carbons (Fsp3) is 0.438. The lowest BCUT2D eigenvalue weighted by molar-refractivity contribution is -0.158. The summed E-state index contributed by atoms with van der Waals surface area (Å²) in [6, 6.07) is 5.08. The molecule has 10 heteroatoms. The second-order valence-electron chi connectivity index (χ2n) is 6.08. The first kappa shape index (κ1) is 21.6. The molecule has 0 aliphatic heterocycles. The van der Waals surface area contributed by atoms with Gasteiger partial charge in [-0.15, -0.1) is 0 Å². The van der Waals surface area contributed by atoms with Gasteiger partial charge in [-0.3, -0.25) is 14.9 Å². The molecule has 1 rings (SSSR count). The molecule has 0 saturated heterocycles. The minimum Gasteiger partial charge on any atom is -0.451 e. The van der Waals surface area contributed by atoms with Crippen LogP contribution in [0.1, 0.15) is 19.4 Å². The number of likely N-dealkylation sites (N-methyl/N-ethyl adjacent to an activating group) is 1. The van der Waals surface area contributed by atoms with Crippen molar-refractivity contribution in [3.63, 3.8) is 0 Å². The molecule has 3 N–H and O–H groups in total. The molecule has 0 aliphatic carbocycles. The summed E-state index contributed by atoms with van der Waals surface area (Å²) in [7, 11) is -2.66. The number of hydrogen-bond acceptors (Lipinski definition) is 6. The summed E-state index contributed by atoms with van der Waals surface area (Å²) in [6.45, 7) is 4.43. The standard InChI is InChI=1S/C16H23N3O6S/c1-10(2)14(15(21)18-16(17)22)25-13(20)9-19(4)26(23,24)12-7-5-11(3)6-8-12/h5-8,10,14H,9H2,1-4H3,(H3,17,18,21,22)/t14-/m1/s1. The molecule has 0 aliphatic rings. The number of esters is 1. The van der Waals surface area contributed by atoms with Gasteiger partial charge >= 0.3 is 12.0 Å². The van der Waals surface area contributed by atoms with Gasteiger partial charge in [0.15, 0.2) is 6.10 Å². The quantitative estimate of drug-likeness (QED) is 0.651. The van der Waals surface area contributed by atoms with Gasteiger partial charge in [-0.25, -0.2) is 13.2 Å². The molecule has 0 aromatic heterocycles. The zero-order valence-corrected chi connectivity index (χ0v) is 15.9. The number of primary amides is 1. The third-order valence-corrected chi connectivity index (χ3v) is 5.27. The molecule has 26 heavy (non-hydrogen) atoms. The maximum Gasteiger partial charge on any atom is 0.322 e. The fourth-order valence-electron chi connectivity index (χ4n) is 2.02. The first-order valence-electron chi connectivity index (χ1n) is 7.78. The van der Waals surface area contributed by atoms with E-state index in [0.717, 1.165) is 9.87 Å². The van der Waals surface area contributed by atoms with Gasteiger partial charge in [-0.2, -0.15) is 4.31 Å². The van der Waals surface area contributed by atoms with E-state index >= 15 is 0 Å². The monoisotopic (exact) mass is 385 g/mol. The Morgan fingerprint density at radius 2 is 1.73 bits per heavy atom. The molecule has 0 unspecified atom stereocenters. The number of nitrogens with one attached hydrogen (secondary N) is 1. The normalized spacial score (nSPS) is 12.7. The Balaban J connectivity index is 2.83. The molecule has 0 heterocycles. The number of nitrogens with two attached hydrogens (primary N) is 1. The minimum atomic E-state index is -3.89. The molecule has 0 spiro atoms. The number of nitrogens with zero attached hydrogens (tertiary/aromatic N) is 1. The van der Waals surface area contributed by atoms with E-state index in [1.54, 1.807) is 26.0 Å². The van der Waals surface area contributed by atoms with Crippen LogP contribution < -0.4 is 11.1 Å². The number of rotatable bonds is 7. The Hall–Kier alpha value is -2.46. The summed E-state index contributed by atoms with van der Waals surface area (Å²) in [5.74, 6) is -2.25. The van der Waals surface area contributed by atoms with Crippen LogP contribution in [0.25, 0.3) is 0 Å². The zero-order valence-electron chi connectivity index (χ0n) is 15.1. The molecule has 144 valence electrons. The van der Waals surface area contributed by atoms with E-state index in [1.165, 1.54) is 19.2 Å². The molecule has 3 amide bonds. The number of amides is 3. The SMILES string of the molecule is Cc1ccc(S(=O)(=O)N(C)CC(=O)O[C@@H](C(=O)NC(N)=O)C(C)C)cc1. The van der Waals surface area contributed by atoms with E-state index in [-0.39, 0.29) is 4.90 Å². The van der Waals surface area contributed by atoms with Crippen molar-refractivity contribution in [2.75, 3.05) is 13.6 Å². The van der Waals surface area contributed by atoms with Gasteiger partial charge in [0.1, 0.15) is 6.54 Å². The summed E-state index contributed by atoms with van der Waals surface area (Å²) in [6.07, 6.45) is -1.27. The van der Waals surface area contributed by atoms with Gasteiger partial charge < -0.3 is 10.5 Å². The first-order chi connectivity index (χ1) is 11.9. The lowest BCUT2D eigenvalue weighted by Gasteiger charge is -2.22. The van der Waals surface area contributed by atoms with Crippen LogP contribution in [0.2, 0.25) is 0 Å². The fourth-order valence-corrected chi connectivity index (χ4v) is 3.14. The lowest BCUT2D eigenvalue weighted by Crippen LogP contribution is -2.46. The molecule has 0 fully saturated rings. The Morgan fingerprint density at radius 3 is 2.19 bits per heavy atom. The number of benzene rings is 1. The van der Waals surface area contributed by atoms with Crippen LogP contribution in [0.4, 0.5) is 4.79 Å². The highest BCUT2D eigenvalue weighted by Crippen LogP contribution is 2.15. The molecule has 0 radical (unpaired) electrons. The smallest absolute Gasteiger partial charge is 0.322 e. The van der Waals surface area contributed by atoms with Crippen LogP contribution in [0.3, 0.4) is 0 Å². The predicted octanol–water partition coefficient (Wildman–Crippen LogP) is 0.378. The van der Waals surface area contributed by atoms with E-state index in [4.69, 9.17) is 10.5 Å². The summed E-state index contributed by atoms with van der Waals surface area (Å²) >= 11 is 0. The van der Waals surface area contributed by atoms with Crippen LogP contribution in [0.5, 0.6) is 0 Å². The van der Waals surface area contributed by atoms with E-state index in [2.05, 4.69) is 0 Å². The highest BCUT2D eigenvalue weighted by atomic mass is 32.2. The van der Waals surface area contributed by atoms with Gasteiger partial charge in [0.25, 0.3) is 5.91 Å². The number of ether oxygens (including phenoxy) is 1. The number of sulfonamides is 1. The number of hydrogen-bond donors (Lipinski definition) is 2. The number of aryl methyl sites for hydroxylation is 1. The highest BCUT2D eigenvalue weighted by molar-refractivity contribution is 7.89. The van der Waals surface area contributed by atoms with Gasteiger partial charge in [-0.05, 0) is 25.0 Å². The average Bonchev–Trinajstić information content (AvgIpc) is 2.51. The van der Waals surface area contributed by atoms with Crippen molar-refractivity contribution in [2.45, 2.75) is 31.8 Å². The van der Waals surface area contributed by atoms with Gasteiger partial charge in [0, 0.05) is 7.05 Å². The Bertz CT molecular complexity index is 774. The molecule has 0 saturated carbocycles. The molecule has 1 aromatic rings. The molecule has 1 atom stereocenters. The van der Waals surface area contributed by atoms with E-state index < -0.39 is 46.5 Å².